The van der Waals surface area contributed by atoms with Crippen LogP contribution in [0.1, 0.15) is 50.5 Å². The fourth-order valence-electron chi connectivity index (χ4n) is 4.24. The second kappa shape index (κ2) is 6.62. The molecule has 2 nitrogen and oxygen atoms in total. The van der Waals surface area contributed by atoms with E-state index in [-0.39, 0.29) is 0 Å². The smallest absolute Gasteiger partial charge is 0.0346 e. The van der Waals surface area contributed by atoms with Crippen LogP contribution in [0.2, 0.25) is 0 Å². The van der Waals surface area contributed by atoms with Gasteiger partial charge in [-0.1, -0.05) is 31.0 Å². The highest BCUT2D eigenvalue weighted by Gasteiger charge is 2.32. The van der Waals surface area contributed by atoms with Crippen LogP contribution in [0.4, 0.5) is 5.69 Å². The SMILES string of the molecule is Nc1ccccc1CCCN1CCCC1C1CCCC1. The molecule has 1 aliphatic carbocycles. The van der Waals surface area contributed by atoms with Crippen LogP contribution >= 0.6 is 0 Å². The third kappa shape index (κ3) is 3.17. The van der Waals surface area contributed by atoms with Gasteiger partial charge in [0.15, 0.2) is 0 Å². The van der Waals surface area contributed by atoms with Crippen LogP contribution < -0.4 is 5.73 Å². The van der Waals surface area contributed by atoms with Crippen LogP contribution in [0, 0.1) is 5.92 Å². The first-order valence-corrected chi connectivity index (χ1v) is 8.42. The van der Waals surface area contributed by atoms with E-state index in [1.807, 2.05) is 12.1 Å². The van der Waals surface area contributed by atoms with E-state index >= 15 is 0 Å². The van der Waals surface area contributed by atoms with Gasteiger partial charge in [-0.15, -0.1) is 0 Å². The second-order valence-electron chi connectivity index (χ2n) is 6.59. The predicted molar refractivity (Wildman–Crippen MR) is 85.7 cm³/mol. The third-order valence-corrected chi connectivity index (χ3v) is 5.30. The Kier molecular flexibility index (Phi) is 4.62. The summed E-state index contributed by atoms with van der Waals surface area (Å²) < 4.78 is 0. The monoisotopic (exact) mass is 272 g/mol. The van der Waals surface area contributed by atoms with E-state index in [4.69, 9.17) is 5.73 Å². The number of hydrogen-bond donors (Lipinski definition) is 1. The highest BCUT2D eigenvalue weighted by atomic mass is 15.2. The molecule has 2 aliphatic rings. The van der Waals surface area contributed by atoms with E-state index in [0.717, 1.165) is 24.1 Å². The highest BCUT2D eigenvalue weighted by molar-refractivity contribution is 5.46. The molecule has 2 fully saturated rings. The van der Waals surface area contributed by atoms with Crippen molar-refractivity contribution in [1.29, 1.82) is 0 Å². The highest BCUT2D eigenvalue weighted by Crippen LogP contribution is 2.35. The van der Waals surface area contributed by atoms with Gasteiger partial charge >= 0.3 is 0 Å². The lowest BCUT2D eigenvalue weighted by Crippen LogP contribution is -2.35. The number of nitrogen functional groups attached to an aromatic ring is 1. The maximum absolute atomic E-state index is 6.03. The lowest BCUT2D eigenvalue weighted by atomic mass is 9.96. The minimum absolute atomic E-state index is 0.894. The van der Waals surface area contributed by atoms with Gasteiger partial charge in [-0.05, 0) is 69.2 Å². The molecule has 1 aliphatic heterocycles. The van der Waals surface area contributed by atoms with Gasteiger partial charge in [-0.3, -0.25) is 0 Å². The van der Waals surface area contributed by atoms with Gasteiger partial charge in [0.25, 0.3) is 0 Å². The molecule has 0 aromatic heterocycles. The summed E-state index contributed by atoms with van der Waals surface area (Å²) in [6.07, 6.45) is 11.1. The molecule has 110 valence electrons. The summed E-state index contributed by atoms with van der Waals surface area (Å²) in [5.41, 5.74) is 8.31. The minimum atomic E-state index is 0.894. The Morgan fingerprint density at radius 3 is 2.65 bits per heavy atom. The van der Waals surface area contributed by atoms with E-state index in [0.29, 0.717) is 0 Å². The van der Waals surface area contributed by atoms with Gasteiger partial charge in [0.1, 0.15) is 0 Å². The molecule has 0 spiro atoms. The summed E-state index contributed by atoms with van der Waals surface area (Å²) in [5, 5.41) is 0. The van der Waals surface area contributed by atoms with Crippen LogP contribution in [0.3, 0.4) is 0 Å². The quantitative estimate of drug-likeness (QED) is 0.825. The molecule has 20 heavy (non-hydrogen) atoms. The van der Waals surface area contributed by atoms with Gasteiger partial charge in [-0.25, -0.2) is 0 Å². The van der Waals surface area contributed by atoms with Crippen LogP contribution in [0.25, 0.3) is 0 Å². The third-order valence-electron chi connectivity index (χ3n) is 5.30. The Morgan fingerprint density at radius 1 is 1.05 bits per heavy atom. The molecular formula is C18H28N2. The molecule has 1 aromatic carbocycles. The largest absolute Gasteiger partial charge is 0.399 e. The lowest BCUT2D eigenvalue weighted by Gasteiger charge is -2.29. The molecular weight excluding hydrogens is 244 g/mol. The topological polar surface area (TPSA) is 29.3 Å². The summed E-state index contributed by atoms with van der Waals surface area (Å²) in [5.74, 6) is 0.999. The molecule has 2 heteroatoms. The van der Waals surface area contributed by atoms with Crippen molar-refractivity contribution >= 4 is 5.69 Å². The van der Waals surface area contributed by atoms with Crippen LogP contribution in [0.5, 0.6) is 0 Å². The molecule has 1 saturated carbocycles. The number of para-hydroxylation sites is 1. The van der Waals surface area contributed by atoms with Crippen molar-refractivity contribution in [3.63, 3.8) is 0 Å². The molecule has 1 atom stereocenters. The van der Waals surface area contributed by atoms with Crippen molar-refractivity contribution in [3.05, 3.63) is 29.8 Å². The maximum Gasteiger partial charge on any atom is 0.0346 e. The molecule has 0 bridgehead atoms. The van der Waals surface area contributed by atoms with Gasteiger partial charge < -0.3 is 10.6 Å². The fourth-order valence-corrected chi connectivity index (χ4v) is 4.24. The predicted octanol–water partition coefficient (Wildman–Crippen LogP) is 3.86. The van der Waals surface area contributed by atoms with Crippen molar-refractivity contribution in [2.24, 2.45) is 5.92 Å². The van der Waals surface area contributed by atoms with E-state index in [2.05, 4.69) is 17.0 Å². The summed E-state index contributed by atoms with van der Waals surface area (Å²) >= 11 is 0. The van der Waals surface area contributed by atoms with Gasteiger partial charge in [0.2, 0.25) is 0 Å². The van der Waals surface area contributed by atoms with Crippen molar-refractivity contribution in [2.75, 3.05) is 18.8 Å². The Labute approximate surface area is 123 Å². The number of hydrogen-bond acceptors (Lipinski definition) is 2. The van der Waals surface area contributed by atoms with E-state index in [1.165, 1.54) is 63.6 Å². The van der Waals surface area contributed by atoms with Gasteiger partial charge in [0.05, 0.1) is 0 Å². The molecule has 3 rings (SSSR count). The molecule has 1 saturated heterocycles. The van der Waals surface area contributed by atoms with E-state index < -0.39 is 0 Å². The zero-order valence-corrected chi connectivity index (χ0v) is 12.6. The number of anilines is 1. The first kappa shape index (κ1) is 13.9. The van der Waals surface area contributed by atoms with Gasteiger partial charge in [0, 0.05) is 11.7 Å². The van der Waals surface area contributed by atoms with E-state index in [1.54, 1.807) is 0 Å². The summed E-state index contributed by atoms with van der Waals surface area (Å²) in [6, 6.07) is 9.21. The first-order chi connectivity index (χ1) is 9.84. The lowest BCUT2D eigenvalue weighted by molar-refractivity contribution is 0.189. The van der Waals surface area contributed by atoms with E-state index in [9.17, 15) is 0 Å². The van der Waals surface area contributed by atoms with Crippen molar-refractivity contribution in [1.82, 2.24) is 4.90 Å². The summed E-state index contributed by atoms with van der Waals surface area (Å²) in [4.78, 5) is 2.77. The maximum atomic E-state index is 6.03. The number of nitrogens with two attached hydrogens (primary N) is 1. The Hall–Kier alpha value is -1.02. The van der Waals surface area contributed by atoms with Crippen LogP contribution in [0.15, 0.2) is 24.3 Å². The Bertz CT molecular complexity index is 423. The average molecular weight is 272 g/mol. The molecule has 0 radical (unpaired) electrons. The van der Waals surface area contributed by atoms with Crippen molar-refractivity contribution < 1.29 is 0 Å². The van der Waals surface area contributed by atoms with Crippen molar-refractivity contribution in [2.45, 2.75) is 57.4 Å². The second-order valence-corrected chi connectivity index (χ2v) is 6.59. The van der Waals surface area contributed by atoms with Crippen LogP contribution in [-0.4, -0.2) is 24.0 Å². The number of nitrogens with zero attached hydrogens (tertiary/aromatic N) is 1. The summed E-state index contributed by atoms with van der Waals surface area (Å²) in [6.45, 7) is 2.58. The zero-order valence-electron chi connectivity index (χ0n) is 12.6. The zero-order chi connectivity index (χ0) is 13.8. The van der Waals surface area contributed by atoms with Crippen molar-refractivity contribution in [3.8, 4) is 0 Å². The standard InChI is InChI=1S/C18H28N2/c19-17-11-4-3-7-15(17)10-5-13-20-14-6-12-18(20)16-8-1-2-9-16/h3-4,7,11,16,18H,1-2,5-6,8-10,12-14,19H2. The number of aryl methyl sites for hydroxylation is 1. The number of likely N-dealkylation sites (tertiary alicyclic amines) is 1. The normalized spacial score (nSPS) is 24.5. The average Bonchev–Trinajstić information content (AvgIpc) is 3.11. The molecule has 2 N–H and O–H groups in total. The van der Waals surface area contributed by atoms with Crippen LogP contribution in [-0.2, 0) is 6.42 Å². The molecule has 1 unspecified atom stereocenters. The number of rotatable bonds is 5. The molecule has 0 amide bonds. The fraction of sp³-hybridized carbons (Fsp3) is 0.667. The molecule has 1 aromatic rings. The summed E-state index contributed by atoms with van der Waals surface area (Å²) in [7, 11) is 0. The van der Waals surface area contributed by atoms with Gasteiger partial charge in [-0.2, -0.15) is 0 Å². The minimum Gasteiger partial charge on any atom is -0.399 e. The first-order valence-electron chi connectivity index (χ1n) is 8.42. The molecule has 1 heterocycles. The Balaban J connectivity index is 1.49. The number of benzene rings is 1. The Morgan fingerprint density at radius 2 is 1.85 bits per heavy atom.